The quantitative estimate of drug-likeness (QED) is 0.673. The van der Waals surface area contributed by atoms with Crippen molar-refractivity contribution in [1.82, 2.24) is 5.32 Å². The summed E-state index contributed by atoms with van der Waals surface area (Å²) in [5.41, 5.74) is -0.851. The Morgan fingerprint density at radius 3 is 2.64 bits per heavy atom. The van der Waals surface area contributed by atoms with Gasteiger partial charge in [-0.15, -0.1) is 0 Å². The van der Waals surface area contributed by atoms with Gasteiger partial charge in [0.25, 0.3) is 0 Å². The number of carboxylic acids is 1. The van der Waals surface area contributed by atoms with E-state index in [1.165, 1.54) is 0 Å². The summed E-state index contributed by atoms with van der Waals surface area (Å²) in [5.74, 6) is -0.798. The van der Waals surface area contributed by atoms with Crippen molar-refractivity contribution < 1.29 is 14.6 Å². The van der Waals surface area contributed by atoms with Crippen LogP contribution in [0.2, 0.25) is 0 Å². The standard InChI is InChI=1S/C10H19NO3/c1-7(14-3)6-10(2,9(12)13)11-8-4-5-8/h7-8,11H,4-6H2,1-3H3,(H,12,13). The molecular formula is C10H19NO3. The Hall–Kier alpha value is -0.610. The third-order valence-corrected chi connectivity index (χ3v) is 2.67. The van der Waals surface area contributed by atoms with Gasteiger partial charge in [-0.05, 0) is 26.7 Å². The number of carboxylic acid groups (broad SMARTS) is 1. The lowest BCUT2D eigenvalue weighted by Crippen LogP contribution is -2.52. The van der Waals surface area contributed by atoms with Crippen molar-refractivity contribution in [1.29, 1.82) is 0 Å². The number of carbonyl (C=O) groups is 1. The van der Waals surface area contributed by atoms with Gasteiger partial charge in [0.1, 0.15) is 5.54 Å². The molecule has 2 N–H and O–H groups in total. The lowest BCUT2D eigenvalue weighted by molar-refractivity contribution is -0.145. The number of ether oxygens (including phenoxy) is 1. The van der Waals surface area contributed by atoms with Crippen LogP contribution in [-0.4, -0.2) is 35.9 Å². The fraction of sp³-hybridized carbons (Fsp3) is 0.900. The van der Waals surface area contributed by atoms with E-state index in [-0.39, 0.29) is 6.10 Å². The van der Waals surface area contributed by atoms with Gasteiger partial charge < -0.3 is 9.84 Å². The highest BCUT2D eigenvalue weighted by Gasteiger charge is 2.39. The van der Waals surface area contributed by atoms with Gasteiger partial charge in [0, 0.05) is 19.6 Å². The molecule has 1 aliphatic carbocycles. The molecule has 4 nitrogen and oxygen atoms in total. The highest BCUT2D eigenvalue weighted by molar-refractivity contribution is 5.78. The molecule has 0 aliphatic heterocycles. The van der Waals surface area contributed by atoms with Crippen molar-refractivity contribution in [3.63, 3.8) is 0 Å². The van der Waals surface area contributed by atoms with Crippen molar-refractivity contribution in [2.45, 2.75) is 50.8 Å². The highest BCUT2D eigenvalue weighted by Crippen LogP contribution is 2.25. The van der Waals surface area contributed by atoms with Crippen LogP contribution in [0.1, 0.15) is 33.1 Å². The molecule has 0 aromatic heterocycles. The van der Waals surface area contributed by atoms with E-state index in [0.29, 0.717) is 12.5 Å². The summed E-state index contributed by atoms with van der Waals surface area (Å²) < 4.78 is 5.09. The third kappa shape index (κ3) is 2.96. The van der Waals surface area contributed by atoms with Crippen LogP contribution in [-0.2, 0) is 9.53 Å². The van der Waals surface area contributed by atoms with E-state index in [0.717, 1.165) is 12.8 Å². The SMILES string of the molecule is COC(C)CC(C)(NC1CC1)C(=O)O. The Labute approximate surface area is 84.6 Å². The molecule has 0 amide bonds. The van der Waals surface area contributed by atoms with E-state index >= 15 is 0 Å². The minimum atomic E-state index is -0.851. The van der Waals surface area contributed by atoms with E-state index in [1.807, 2.05) is 6.92 Å². The van der Waals surface area contributed by atoms with E-state index in [9.17, 15) is 4.79 Å². The molecule has 82 valence electrons. The Morgan fingerprint density at radius 1 is 1.71 bits per heavy atom. The summed E-state index contributed by atoms with van der Waals surface area (Å²) in [6.45, 7) is 3.61. The summed E-state index contributed by atoms with van der Waals surface area (Å²) in [6.07, 6.45) is 2.63. The van der Waals surface area contributed by atoms with Gasteiger partial charge in [0.15, 0.2) is 0 Å². The number of hydrogen-bond donors (Lipinski definition) is 2. The third-order valence-electron chi connectivity index (χ3n) is 2.67. The first-order valence-electron chi connectivity index (χ1n) is 5.02. The van der Waals surface area contributed by atoms with Gasteiger partial charge in [0.05, 0.1) is 6.10 Å². The first-order chi connectivity index (χ1) is 6.48. The maximum absolute atomic E-state index is 11.1. The van der Waals surface area contributed by atoms with Crippen molar-refractivity contribution in [3.8, 4) is 0 Å². The van der Waals surface area contributed by atoms with Gasteiger partial charge in [-0.2, -0.15) is 0 Å². The molecule has 0 spiro atoms. The number of rotatable bonds is 6. The predicted molar refractivity (Wildman–Crippen MR) is 53.3 cm³/mol. The monoisotopic (exact) mass is 201 g/mol. The van der Waals surface area contributed by atoms with Crippen molar-refractivity contribution in [2.24, 2.45) is 0 Å². The lowest BCUT2D eigenvalue weighted by Gasteiger charge is -2.28. The molecule has 0 saturated heterocycles. The number of hydrogen-bond acceptors (Lipinski definition) is 3. The highest BCUT2D eigenvalue weighted by atomic mass is 16.5. The molecule has 0 aromatic carbocycles. The maximum atomic E-state index is 11.1. The predicted octanol–water partition coefficient (Wildman–Crippen LogP) is 1.01. The van der Waals surface area contributed by atoms with Gasteiger partial charge in [-0.3, -0.25) is 10.1 Å². The number of aliphatic carboxylic acids is 1. The first-order valence-corrected chi connectivity index (χ1v) is 5.02. The second kappa shape index (κ2) is 4.28. The topological polar surface area (TPSA) is 58.6 Å². The molecule has 1 aliphatic rings. The fourth-order valence-electron chi connectivity index (χ4n) is 1.54. The Morgan fingerprint density at radius 2 is 2.29 bits per heavy atom. The zero-order chi connectivity index (χ0) is 10.8. The summed E-state index contributed by atoms with van der Waals surface area (Å²) in [5, 5.41) is 12.3. The first kappa shape index (κ1) is 11.5. The van der Waals surface area contributed by atoms with Gasteiger partial charge >= 0.3 is 5.97 Å². The van der Waals surface area contributed by atoms with Crippen LogP contribution in [0.15, 0.2) is 0 Å². The second-order valence-corrected chi connectivity index (χ2v) is 4.31. The van der Waals surface area contributed by atoms with Crippen LogP contribution in [0.4, 0.5) is 0 Å². The average Bonchev–Trinajstić information content (AvgIpc) is 2.87. The van der Waals surface area contributed by atoms with Crippen LogP contribution >= 0.6 is 0 Å². The van der Waals surface area contributed by atoms with Crippen molar-refractivity contribution in [2.75, 3.05) is 7.11 Å². The van der Waals surface area contributed by atoms with E-state index in [4.69, 9.17) is 9.84 Å². The smallest absolute Gasteiger partial charge is 0.323 e. The van der Waals surface area contributed by atoms with Crippen LogP contribution in [0.3, 0.4) is 0 Å². The largest absolute Gasteiger partial charge is 0.480 e. The summed E-state index contributed by atoms with van der Waals surface area (Å²) >= 11 is 0. The molecule has 1 fully saturated rings. The van der Waals surface area contributed by atoms with Crippen molar-refractivity contribution in [3.05, 3.63) is 0 Å². The zero-order valence-electron chi connectivity index (χ0n) is 9.04. The zero-order valence-corrected chi connectivity index (χ0v) is 9.04. The van der Waals surface area contributed by atoms with Gasteiger partial charge in [-0.1, -0.05) is 0 Å². The minimum Gasteiger partial charge on any atom is -0.480 e. The molecule has 1 rings (SSSR count). The molecule has 4 heteroatoms. The molecule has 0 aromatic rings. The molecule has 0 radical (unpaired) electrons. The molecule has 2 unspecified atom stereocenters. The minimum absolute atomic E-state index is 0.0395. The lowest BCUT2D eigenvalue weighted by atomic mass is 9.94. The maximum Gasteiger partial charge on any atom is 0.323 e. The Bertz CT molecular complexity index is 215. The van der Waals surface area contributed by atoms with E-state index < -0.39 is 11.5 Å². The molecule has 2 atom stereocenters. The Kier molecular flexibility index (Phi) is 3.50. The van der Waals surface area contributed by atoms with Crippen LogP contribution in [0, 0.1) is 0 Å². The molecule has 14 heavy (non-hydrogen) atoms. The average molecular weight is 201 g/mol. The van der Waals surface area contributed by atoms with Gasteiger partial charge in [0.2, 0.25) is 0 Å². The van der Waals surface area contributed by atoms with Crippen LogP contribution < -0.4 is 5.32 Å². The molecule has 1 saturated carbocycles. The normalized spacial score (nSPS) is 22.8. The molecule has 0 heterocycles. The van der Waals surface area contributed by atoms with E-state index in [2.05, 4.69) is 5.32 Å². The van der Waals surface area contributed by atoms with Crippen LogP contribution in [0.5, 0.6) is 0 Å². The molecule has 0 bridgehead atoms. The summed E-state index contributed by atoms with van der Waals surface area (Å²) in [7, 11) is 1.60. The Balaban J connectivity index is 2.54. The fourth-order valence-corrected chi connectivity index (χ4v) is 1.54. The van der Waals surface area contributed by atoms with Crippen LogP contribution in [0.25, 0.3) is 0 Å². The summed E-state index contributed by atoms with van der Waals surface area (Å²) in [6, 6.07) is 0.389. The van der Waals surface area contributed by atoms with Gasteiger partial charge in [-0.25, -0.2) is 0 Å². The summed E-state index contributed by atoms with van der Waals surface area (Å²) in [4.78, 5) is 11.1. The number of methoxy groups -OCH3 is 1. The number of nitrogens with one attached hydrogen (secondary N) is 1. The second-order valence-electron chi connectivity index (χ2n) is 4.31. The van der Waals surface area contributed by atoms with Crippen molar-refractivity contribution >= 4 is 5.97 Å². The van der Waals surface area contributed by atoms with E-state index in [1.54, 1.807) is 14.0 Å². The molecular weight excluding hydrogens is 182 g/mol.